The highest BCUT2D eigenvalue weighted by Gasteiger charge is 1.95. The first-order chi connectivity index (χ1) is 6.83. The van der Waals surface area contributed by atoms with Crippen LogP contribution in [0.4, 0.5) is 0 Å². The standard InChI is InChI=1S/C6H12.2C3H8.C2H6/c1-2-4-6-5-3-1;2*1-3-2;1-2/h1-6H2;2*3H2,1-2H3;1-2H3. The van der Waals surface area contributed by atoms with Gasteiger partial charge in [-0.3, -0.25) is 0 Å². The van der Waals surface area contributed by atoms with E-state index in [9.17, 15) is 0 Å². The van der Waals surface area contributed by atoms with Gasteiger partial charge < -0.3 is 0 Å². The fourth-order valence-corrected chi connectivity index (χ4v) is 1.06. The highest BCUT2D eigenvalue weighted by molar-refractivity contribution is 4.51. The molecule has 14 heavy (non-hydrogen) atoms. The third kappa shape index (κ3) is 40.3. The minimum absolute atomic E-state index is 1.25. The molecule has 0 aromatic rings. The van der Waals surface area contributed by atoms with Gasteiger partial charge in [-0.2, -0.15) is 0 Å². The van der Waals surface area contributed by atoms with Crippen molar-refractivity contribution in [2.45, 2.75) is 92.9 Å². The zero-order valence-electron chi connectivity index (χ0n) is 11.7. The zero-order chi connectivity index (χ0) is 11.7. The highest BCUT2D eigenvalue weighted by atomic mass is 14.0. The maximum atomic E-state index is 2.12. The maximum absolute atomic E-state index is 2.12. The summed E-state index contributed by atoms with van der Waals surface area (Å²) < 4.78 is 0. The van der Waals surface area contributed by atoms with E-state index in [0.29, 0.717) is 0 Å². The Morgan fingerprint density at radius 1 is 0.500 bits per heavy atom. The van der Waals surface area contributed by atoms with Crippen molar-refractivity contribution in [3.8, 4) is 0 Å². The molecule has 0 unspecified atom stereocenters. The van der Waals surface area contributed by atoms with Crippen molar-refractivity contribution < 1.29 is 0 Å². The molecule has 0 radical (unpaired) electrons. The van der Waals surface area contributed by atoms with Gasteiger partial charge in [-0.25, -0.2) is 0 Å². The fraction of sp³-hybridized carbons (Fsp3) is 1.00. The molecule has 0 saturated heterocycles. The van der Waals surface area contributed by atoms with Crippen LogP contribution in [-0.4, -0.2) is 0 Å². The predicted molar refractivity (Wildman–Crippen MR) is 71.0 cm³/mol. The first-order valence-electron chi connectivity index (χ1n) is 6.83. The van der Waals surface area contributed by atoms with Crippen molar-refractivity contribution in [2.24, 2.45) is 0 Å². The third-order valence-electron chi connectivity index (χ3n) is 1.50. The lowest BCUT2D eigenvalue weighted by Crippen LogP contribution is -1.85. The molecule has 0 aliphatic heterocycles. The Morgan fingerprint density at radius 2 is 0.571 bits per heavy atom. The third-order valence-corrected chi connectivity index (χ3v) is 1.50. The lowest BCUT2D eigenvalue weighted by atomic mass is 10.0. The molecule has 1 aliphatic carbocycles. The quantitative estimate of drug-likeness (QED) is 0.439. The van der Waals surface area contributed by atoms with Crippen LogP contribution >= 0.6 is 0 Å². The SMILES string of the molecule is C1CCCCC1.CC.CCC.CCC. The molecule has 1 aliphatic rings. The minimum Gasteiger partial charge on any atom is -0.0683 e. The van der Waals surface area contributed by atoms with Gasteiger partial charge in [0, 0.05) is 0 Å². The van der Waals surface area contributed by atoms with Crippen LogP contribution in [0.3, 0.4) is 0 Å². The van der Waals surface area contributed by atoms with Gasteiger partial charge in [0.2, 0.25) is 0 Å². The lowest BCUT2D eigenvalue weighted by Gasteiger charge is -2.05. The molecule has 0 aromatic carbocycles. The van der Waals surface area contributed by atoms with Gasteiger partial charge in [0.25, 0.3) is 0 Å². The molecule has 0 aromatic heterocycles. The van der Waals surface area contributed by atoms with Gasteiger partial charge in [-0.1, -0.05) is 92.9 Å². The summed E-state index contributed by atoms with van der Waals surface area (Å²) in [5, 5.41) is 0. The summed E-state index contributed by atoms with van der Waals surface area (Å²) in [7, 11) is 0. The second kappa shape index (κ2) is 29.2. The van der Waals surface area contributed by atoms with Crippen molar-refractivity contribution in [3.63, 3.8) is 0 Å². The van der Waals surface area contributed by atoms with Gasteiger partial charge in [-0.05, 0) is 0 Å². The zero-order valence-corrected chi connectivity index (χ0v) is 11.7. The van der Waals surface area contributed by atoms with Gasteiger partial charge >= 0.3 is 0 Å². The molecule has 90 valence electrons. The summed E-state index contributed by atoms with van der Waals surface area (Å²) >= 11 is 0. The Morgan fingerprint density at radius 3 is 0.643 bits per heavy atom. The topological polar surface area (TPSA) is 0 Å². The van der Waals surface area contributed by atoms with E-state index in [-0.39, 0.29) is 0 Å². The predicted octanol–water partition coefficient (Wildman–Crippen LogP) is 6.20. The van der Waals surface area contributed by atoms with Crippen LogP contribution in [0.5, 0.6) is 0 Å². The molecule has 0 heteroatoms. The molecular formula is C14H34. The van der Waals surface area contributed by atoms with Crippen LogP contribution in [0.15, 0.2) is 0 Å². The molecule has 0 nitrogen and oxygen atoms in total. The first kappa shape index (κ1) is 19.6. The molecule has 0 bridgehead atoms. The number of hydrogen-bond acceptors (Lipinski definition) is 0. The Balaban J connectivity index is -0.000000132. The molecule has 0 atom stereocenters. The summed E-state index contributed by atoms with van der Waals surface area (Å²) in [5.41, 5.74) is 0. The van der Waals surface area contributed by atoms with Crippen LogP contribution in [0.1, 0.15) is 92.9 Å². The highest BCUT2D eigenvalue weighted by Crippen LogP contribution is 2.15. The van der Waals surface area contributed by atoms with E-state index in [1.165, 1.54) is 51.4 Å². The smallest absolute Gasteiger partial charge is 0.0533 e. The van der Waals surface area contributed by atoms with E-state index in [2.05, 4.69) is 27.7 Å². The second-order valence-electron chi connectivity index (χ2n) is 3.54. The molecule has 1 saturated carbocycles. The summed E-state index contributed by atoms with van der Waals surface area (Å²) in [6.45, 7) is 12.5. The van der Waals surface area contributed by atoms with Gasteiger partial charge in [0.05, 0.1) is 0 Å². The lowest BCUT2D eigenvalue weighted by molar-refractivity contribution is 0.504. The van der Waals surface area contributed by atoms with Gasteiger partial charge in [-0.15, -0.1) is 0 Å². The van der Waals surface area contributed by atoms with Crippen molar-refractivity contribution in [2.75, 3.05) is 0 Å². The van der Waals surface area contributed by atoms with Gasteiger partial charge in [0.1, 0.15) is 0 Å². The molecule has 0 spiro atoms. The van der Waals surface area contributed by atoms with E-state index in [1.807, 2.05) is 13.8 Å². The molecule has 0 heterocycles. The van der Waals surface area contributed by atoms with E-state index >= 15 is 0 Å². The molecular weight excluding hydrogens is 168 g/mol. The summed E-state index contributed by atoms with van der Waals surface area (Å²) in [5.74, 6) is 0. The van der Waals surface area contributed by atoms with Crippen molar-refractivity contribution >= 4 is 0 Å². The molecule has 1 rings (SSSR count). The maximum Gasteiger partial charge on any atom is -0.0533 e. The van der Waals surface area contributed by atoms with Gasteiger partial charge in [0.15, 0.2) is 0 Å². The van der Waals surface area contributed by atoms with Crippen LogP contribution in [0.2, 0.25) is 0 Å². The van der Waals surface area contributed by atoms with E-state index in [4.69, 9.17) is 0 Å². The van der Waals surface area contributed by atoms with E-state index in [0.717, 1.165) is 0 Å². The first-order valence-corrected chi connectivity index (χ1v) is 6.83. The minimum atomic E-state index is 1.25. The van der Waals surface area contributed by atoms with E-state index in [1.54, 1.807) is 0 Å². The van der Waals surface area contributed by atoms with Crippen LogP contribution < -0.4 is 0 Å². The number of hydrogen-bond donors (Lipinski definition) is 0. The Labute approximate surface area is 93.5 Å². The Kier molecular flexibility index (Phi) is 40.9. The normalized spacial score (nSPS) is 13.3. The van der Waals surface area contributed by atoms with Crippen LogP contribution in [0.25, 0.3) is 0 Å². The fourth-order valence-electron chi connectivity index (χ4n) is 1.06. The van der Waals surface area contributed by atoms with Crippen molar-refractivity contribution in [1.29, 1.82) is 0 Å². The molecule has 0 N–H and O–H groups in total. The van der Waals surface area contributed by atoms with Crippen molar-refractivity contribution in [1.82, 2.24) is 0 Å². The summed E-state index contributed by atoms with van der Waals surface area (Å²) in [6, 6.07) is 0. The van der Waals surface area contributed by atoms with Crippen LogP contribution in [0, 0.1) is 0 Å². The van der Waals surface area contributed by atoms with Crippen molar-refractivity contribution in [3.05, 3.63) is 0 Å². The van der Waals surface area contributed by atoms with Crippen LogP contribution in [-0.2, 0) is 0 Å². The number of rotatable bonds is 0. The monoisotopic (exact) mass is 202 g/mol. The Bertz CT molecular complexity index is 30.5. The second-order valence-corrected chi connectivity index (χ2v) is 3.54. The summed E-state index contributed by atoms with van der Waals surface area (Å²) in [6.07, 6.45) is 11.5. The Hall–Kier alpha value is 0. The molecule has 0 amide bonds. The van der Waals surface area contributed by atoms with E-state index < -0.39 is 0 Å². The average molecular weight is 202 g/mol. The average Bonchev–Trinajstić information content (AvgIpc) is 2.26. The summed E-state index contributed by atoms with van der Waals surface area (Å²) in [4.78, 5) is 0. The molecule has 1 fully saturated rings. The largest absolute Gasteiger partial charge is 0.0683 e.